The van der Waals surface area contributed by atoms with Crippen LogP contribution in [0.5, 0.6) is 0 Å². The van der Waals surface area contributed by atoms with Crippen LogP contribution in [0.25, 0.3) is 23.0 Å². The van der Waals surface area contributed by atoms with Gasteiger partial charge in [-0.1, -0.05) is 0 Å². The number of rotatable bonds is 5. The molecule has 0 aliphatic rings. The molecule has 0 aliphatic heterocycles. The first-order valence-corrected chi connectivity index (χ1v) is 6.93. The highest BCUT2D eigenvalue weighted by Gasteiger charge is 2.14. The van der Waals surface area contributed by atoms with Crippen LogP contribution in [0, 0.1) is 5.82 Å². The molecule has 0 aromatic carbocycles. The predicted molar refractivity (Wildman–Crippen MR) is 79.6 cm³/mol. The summed E-state index contributed by atoms with van der Waals surface area (Å²) < 4.78 is 26.0. The zero-order valence-corrected chi connectivity index (χ0v) is 12.4. The number of furan rings is 1. The van der Waals surface area contributed by atoms with Crippen molar-refractivity contribution in [3.63, 3.8) is 0 Å². The van der Waals surface area contributed by atoms with Gasteiger partial charge in [0.1, 0.15) is 11.5 Å². The average molecular weight is 301 g/mol. The van der Waals surface area contributed by atoms with E-state index >= 15 is 0 Å². The minimum absolute atomic E-state index is 0.0705. The Morgan fingerprint density at radius 2 is 2.05 bits per heavy atom. The first kappa shape index (κ1) is 14.5. The Kier molecular flexibility index (Phi) is 4.02. The van der Waals surface area contributed by atoms with E-state index in [0.29, 0.717) is 23.8 Å². The van der Waals surface area contributed by atoms with E-state index in [1.807, 2.05) is 23.8 Å². The largest absolute Gasteiger partial charge is 0.451 e. The highest BCUT2D eigenvalue weighted by atomic mass is 19.1. The number of nitrogens with zero attached hydrogens (tertiary/aromatic N) is 3. The van der Waals surface area contributed by atoms with Crippen LogP contribution in [0.3, 0.4) is 0 Å². The summed E-state index contributed by atoms with van der Waals surface area (Å²) in [6.45, 7) is 2.66. The van der Waals surface area contributed by atoms with Gasteiger partial charge in [0.25, 0.3) is 0 Å². The van der Waals surface area contributed by atoms with Crippen LogP contribution in [-0.4, -0.2) is 27.7 Å². The van der Waals surface area contributed by atoms with E-state index in [0.717, 1.165) is 5.82 Å². The summed E-state index contributed by atoms with van der Waals surface area (Å²) >= 11 is 0. The van der Waals surface area contributed by atoms with Gasteiger partial charge in [-0.05, 0) is 31.2 Å². The molecule has 114 valence electrons. The van der Waals surface area contributed by atoms with Crippen molar-refractivity contribution in [2.24, 2.45) is 0 Å². The van der Waals surface area contributed by atoms with Crippen molar-refractivity contribution in [3.8, 4) is 23.0 Å². The van der Waals surface area contributed by atoms with Crippen molar-refractivity contribution in [1.82, 2.24) is 14.5 Å². The van der Waals surface area contributed by atoms with Gasteiger partial charge in [0, 0.05) is 19.5 Å². The normalized spacial score (nSPS) is 12.5. The molecule has 0 N–H and O–H groups in total. The Labute approximate surface area is 127 Å². The Bertz CT molecular complexity index is 749. The van der Waals surface area contributed by atoms with Gasteiger partial charge >= 0.3 is 0 Å². The smallest absolute Gasteiger partial charge is 0.176 e. The zero-order chi connectivity index (χ0) is 15.5. The van der Waals surface area contributed by atoms with Crippen molar-refractivity contribution < 1.29 is 13.5 Å². The molecule has 0 saturated carbocycles. The lowest BCUT2D eigenvalue weighted by Crippen LogP contribution is -2.14. The number of hydrogen-bond acceptors (Lipinski definition) is 4. The molecule has 3 aromatic heterocycles. The number of methoxy groups -OCH3 is 1. The van der Waals surface area contributed by atoms with Crippen LogP contribution >= 0.6 is 0 Å². The second-order valence-corrected chi connectivity index (χ2v) is 4.98. The summed E-state index contributed by atoms with van der Waals surface area (Å²) in [4.78, 5) is 8.34. The molecule has 0 bridgehead atoms. The quantitative estimate of drug-likeness (QED) is 0.725. The van der Waals surface area contributed by atoms with Crippen LogP contribution < -0.4 is 0 Å². The Morgan fingerprint density at radius 3 is 2.77 bits per heavy atom. The standard InChI is InChI=1S/C16H16FN3O2/c1-11(21-2)10-20-8-7-18-16(20)15-6-5-14(22-15)13-4-3-12(17)9-19-13/h3-9,11H,10H2,1-2H3. The number of pyridine rings is 1. The van der Waals surface area contributed by atoms with E-state index in [1.165, 1.54) is 12.3 Å². The van der Waals surface area contributed by atoms with Crippen LogP contribution in [0.4, 0.5) is 4.39 Å². The van der Waals surface area contributed by atoms with Gasteiger partial charge in [-0.2, -0.15) is 0 Å². The lowest BCUT2D eigenvalue weighted by molar-refractivity contribution is 0.103. The van der Waals surface area contributed by atoms with Crippen molar-refractivity contribution in [1.29, 1.82) is 0 Å². The highest BCUT2D eigenvalue weighted by Crippen LogP contribution is 2.26. The third-order valence-electron chi connectivity index (χ3n) is 3.38. The van der Waals surface area contributed by atoms with E-state index in [1.54, 1.807) is 25.4 Å². The molecule has 0 saturated heterocycles. The van der Waals surface area contributed by atoms with E-state index in [-0.39, 0.29) is 11.9 Å². The summed E-state index contributed by atoms with van der Waals surface area (Å²) in [5, 5.41) is 0. The van der Waals surface area contributed by atoms with Crippen molar-refractivity contribution in [2.45, 2.75) is 19.6 Å². The van der Waals surface area contributed by atoms with Gasteiger partial charge in [0.2, 0.25) is 0 Å². The van der Waals surface area contributed by atoms with Gasteiger partial charge in [0.05, 0.1) is 18.8 Å². The molecule has 0 aliphatic carbocycles. The summed E-state index contributed by atoms with van der Waals surface area (Å²) in [6, 6.07) is 6.56. The predicted octanol–water partition coefficient (Wildman–Crippen LogP) is 3.38. The maximum absolute atomic E-state index is 12.9. The first-order valence-electron chi connectivity index (χ1n) is 6.93. The lowest BCUT2D eigenvalue weighted by Gasteiger charge is -2.11. The minimum atomic E-state index is -0.375. The van der Waals surface area contributed by atoms with Crippen LogP contribution in [-0.2, 0) is 11.3 Å². The fourth-order valence-corrected chi connectivity index (χ4v) is 2.15. The second kappa shape index (κ2) is 6.11. The lowest BCUT2D eigenvalue weighted by atomic mass is 10.3. The second-order valence-electron chi connectivity index (χ2n) is 4.98. The third kappa shape index (κ3) is 2.92. The van der Waals surface area contributed by atoms with E-state index < -0.39 is 0 Å². The minimum Gasteiger partial charge on any atom is -0.451 e. The molecule has 0 amide bonds. The fraction of sp³-hybridized carbons (Fsp3) is 0.250. The summed E-state index contributed by atoms with van der Waals surface area (Å²) in [6.07, 6.45) is 4.83. The monoisotopic (exact) mass is 301 g/mol. The van der Waals surface area contributed by atoms with Crippen molar-refractivity contribution in [2.75, 3.05) is 7.11 Å². The number of ether oxygens (including phenoxy) is 1. The Hall–Kier alpha value is -2.47. The molecule has 6 heteroatoms. The molecule has 3 heterocycles. The van der Waals surface area contributed by atoms with Gasteiger partial charge in [-0.25, -0.2) is 14.4 Å². The molecule has 0 radical (unpaired) electrons. The third-order valence-corrected chi connectivity index (χ3v) is 3.38. The molecule has 22 heavy (non-hydrogen) atoms. The van der Waals surface area contributed by atoms with Gasteiger partial charge in [0.15, 0.2) is 17.3 Å². The van der Waals surface area contributed by atoms with Crippen molar-refractivity contribution >= 4 is 0 Å². The maximum atomic E-state index is 12.9. The Balaban J connectivity index is 1.88. The van der Waals surface area contributed by atoms with E-state index in [4.69, 9.17) is 9.15 Å². The molecule has 3 aromatic rings. The number of halogens is 1. The van der Waals surface area contributed by atoms with Crippen LogP contribution in [0.2, 0.25) is 0 Å². The number of hydrogen-bond donors (Lipinski definition) is 0. The summed E-state index contributed by atoms with van der Waals surface area (Å²) in [5.41, 5.74) is 0.580. The topological polar surface area (TPSA) is 53.1 Å². The zero-order valence-electron chi connectivity index (χ0n) is 12.4. The Morgan fingerprint density at radius 1 is 1.23 bits per heavy atom. The van der Waals surface area contributed by atoms with Crippen LogP contribution in [0.1, 0.15) is 6.92 Å². The molecule has 3 rings (SSSR count). The van der Waals surface area contributed by atoms with Crippen LogP contribution in [0.15, 0.2) is 47.3 Å². The molecule has 1 atom stereocenters. The molecular formula is C16H16FN3O2. The number of imidazole rings is 1. The maximum Gasteiger partial charge on any atom is 0.176 e. The molecule has 1 unspecified atom stereocenters. The van der Waals surface area contributed by atoms with Gasteiger partial charge < -0.3 is 13.7 Å². The van der Waals surface area contributed by atoms with Gasteiger partial charge in [-0.15, -0.1) is 0 Å². The molecule has 0 spiro atoms. The van der Waals surface area contributed by atoms with E-state index in [2.05, 4.69) is 9.97 Å². The highest BCUT2D eigenvalue weighted by molar-refractivity contribution is 5.58. The first-order chi connectivity index (χ1) is 10.7. The molecule has 5 nitrogen and oxygen atoms in total. The van der Waals surface area contributed by atoms with Gasteiger partial charge in [-0.3, -0.25) is 0 Å². The number of aromatic nitrogens is 3. The molecule has 0 fully saturated rings. The summed E-state index contributed by atoms with van der Waals surface area (Å²) in [5.74, 6) is 1.55. The van der Waals surface area contributed by atoms with E-state index in [9.17, 15) is 4.39 Å². The average Bonchev–Trinajstić information content (AvgIpc) is 3.16. The summed E-state index contributed by atoms with van der Waals surface area (Å²) in [7, 11) is 1.67. The molecular weight excluding hydrogens is 285 g/mol. The van der Waals surface area contributed by atoms with Crippen molar-refractivity contribution in [3.05, 3.63) is 48.7 Å². The fourth-order valence-electron chi connectivity index (χ4n) is 2.15. The SMILES string of the molecule is COC(C)Cn1ccnc1-c1ccc(-c2ccc(F)cn2)o1.